The largest absolute Gasteiger partial charge is 0.378 e. The molecule has 0 atom stereocenters. The third-order valence-electron chi connectivity index (χ3n) is 7.50. The number of rotatable bonds is 6. The second-order valence-electron chi connectivity index (χ2n) is 10.1. The van der Waals surface area contributed by atoms with Gasteiger partial charge in [-0.1, -0.05) is 72.8 Å². The Balaban J connectivity index is 1.33. The molecule has 198 valence electrons. The number of morpholine rings is 1. The molecule has 4 aromatic rings. The first kappa shape index (κ1) is 25.2. The fraction of sp³-hybridized carbons (Fsp3) is 0.281. The van der Waals surface area contributed by atoms with Gasteiger partial charge in [0.1, 0.15) is 17.5 Å². The lowest BCUT2D eigenvalue weighted by atomic mass is 9.89. The Bertz CT molecular complexity index is 1380. The van der Waals surface area contributed by atoms with Gasteiger partial charge in [0.15, 0.2) is 0 Å². The van der Waals surface area contributed by atoms with E-state index in [4.69, 9.17) is 14.7 Å². The zero-order valence-electron chi connectivity index (χ0n) is 21.8. The van der Waals surface area contributed by atoms with Crippen LogP contribution in [0.3, 0.4) is 0 Å². The maximum atomic E-state index is 14.2. The summed E-state index contributed by atoms with van der Waals surface area (Å²) in [6, 6.07) is 26.5. The van der Waals surface area contributed by atoms with Crippen LogP contribution in [-0.2, 0) is 28.9 Å². The van der Waals surface area contributed by atoms with Crippen molar-refractivity contribution in [1.82, 2.24) is 14.9 Å². The average Bonchev–Trinajstić information content (AvgIpc) is 2.99. The van der Waals surface area contributed by atoms with Gasteiger partial charge < -0.3 is 14.5 Å². The zero-order valence-corrected chi connectivity index (χ0v) is 21.8. The summed E-state index contributed by atoms with van der Waals surface area (Å²) in [5, 5.41) is 0. The minimum absolute atomic E-state index is 0.0846. The molecule has 0 saturated carbocycles. The molecule has 0 bridgehead atoms. The lowest BCUT2D eigenvalue weighted by Crippen LogP contribution is -2.42. The molecule has 6 rings (SSSR count). The molecule has 7 heteroatoms. The lowest BCUT2D eigenvalue weighted by Gasteiger charge is -2.36. The van der Waals surface area contributed by atoms with Gasteiger partial charge in [-0.05, 0) is 28.8 Å². The van der Waals surface area contributed by atoms with E-state index >= 15 is 0 Å². The fourth-order valence-corrected chi connectivity index (χ4v) is 5.49. The van der Waals surface area contributed by atoms with Crippen molar-refractivity contribution >= 4 is 11.7 Å². The van der Waals surface area contributed by atoms with Crippen LogP contribution in [0, 0.1) is 5.82 Å². The average molecular weight is 523 g/mol. The summed E-state index contributed by atoms with van der Waals surface area (Å²) in [7, 11) is 0. The Hall–Kier alpha value is -4.10. The number of hydrogen-bond donors (Lipinski definition) is 0. The van der Waals surface area contributed by atoms with Crippen LogP contribution in [0.15, 0.2) is 84.9 Å². The van der Waals surface area contributed by atoms with Crippen molar-refractivity contribution in [2.45, 2.75) is 25.3 Å². The highest BCUT2D eigenvalue weighted by atomic mass is 19.1. The van der Waals surface area contributed by atoms with Gasteiger partial charge in [-0.15, -0.1) is 0 Å². The molecule has 0 unspecified atom stereocenters. The van der Waals surface area contributed by atoms with Crippen LogP contribution in [0.4, 0.5) is 10.2 Å². The summed E-state index contributed by atoms with van der Waals surface area (Å²) in [5.41, 5.74) is 4.94. The van der Waals surface area contributed by atoms with E-state index in [1.165, 1.54) is 12.1 Å². The first-order valence-electron chi connectivity index (χ1n) is 13.5. The summed E-state index contributed by atoms with van der Waals surface area (Å²) in [6.07, 6.45) is 1.19. The minimum atomic E-state index is -0.376. The van der Waals surface area contributed by atoms with Crippen molar-refractivity contribution in [2.24, 2.45) is 0 Å². The molecule has 2 aliphatic heterocycles. The Labute approximate surface area is 228 Å². The zero-order chi connectivity index (χ0) is 26.6. The summed E-state index contributed by atoms with van der Waals surface area (Å²) < 4.78 is 19.1. The molecule has 2 aliphatic rings. The predicted octanol–water partition coefficient (Wildman–Crippen LogP) is 4.76. The van der Waals surface area contributed by atoms with Crippen molar-refractivity contribution in [3.8, 4) is 0 Å². The normalized spacial score (nSPS) is 15.3. The first-order valence-corrected chi connectivity index (χ1v) is 13.5. The molecule has 3 heterocycles. The Morgan fingerprint density at radius 3 is 2.13 bits per heavy atom. The SMILES string of the molecule is O=C(C(c1ccccc1)c1ccccc1)N1CCc2nc(Cc3ccc(F)cc3)nc(N3CCOCC3)c2C1. The number of hydrogen-bond acceptors (Lipinski definition) is 5. The van der Waals surface area contributed by atoms with Crippen LogP contribution in [0.2, 0.25) is 0 Å². The number of halogens is 1. The number of carbonyl (C=O) groups is 1. The Morgan fingerprint density at radius 2 is 1.49 bits per heavy atom. The molecule has 6 nitrogen and oxygen atoms in total. The summed E-state index contributed by atoms with van der Waals surface area (Å²) >= 11 is 0. The third kappa shape index (κ3) is 5.54. The standard InChI is InChI=1S/C32H31FN4O2/c33-26-13-11-23(12-14-26)21-29-34-28-15-16-37(22-27(28)31(35-29)36-17-19-39-20-18-36)32(38)30(24-7-3-1-4-8-24)25-9-5-2-6-10-25/h1-14,30H,15-22H2. The van der Waals surface area contributed by atoms with Crippen LogP contribution in [0.5, 0.6) is 0 Å². The monoisotopic (exact) mass is 522 g/mol. The van der Waals surface area contributed by atoms with E-state index in [0.29, 0.717) is 45.0 Å². The van der Waals surface area contributed by atoms with Crippen molar-refractivity contribution in [3.05, 3.63) is 125 Å². The molecule has 1 amide bonds. The maximum Gasteiger partial charge on any atom is 0.234 e. The number of ether oxygens (including phenoxy) is 1. The van der Waals surface area contributed by atoms with Crippen molar-refractivity contribution in [3.63, 3.8) is 0 Å². The topological polar surface area (TPSA) is 58.6 Å². The van der Waals surface area contributed by atoms with Crippen LogP contribution in [0.1, 0.15) is 39.7 Å². The van der Waals surface area contributed by atoms with E-state index in [1.54, 1.807) is 12.1 Å². The van der Waals surface area contributed by atoms with Gasteiger partial charge in [0.05, 0.1) is 31.4 Å². The molecule has 0 radical (unpaired) electrons. The molecule has 0 aliphatic carbocycles. The van der Waals surface area contributed by atoms with Gasteiger partial charge in [0.25, 0.3) is 0 Å². The van der Waals surface area contributed by atoms with Gasteiger partial charge in [-0.25, -0.2) is 14.4 Å². The Morgan fingerprint density at radius 1 is 0.846 bits per heavy atom. The first-order chi connectivity index (χ1) is 19.2. The number of amides is 1. The van der Waals surface area contributed by atoms with Crippen LogP contribution in [-0.4, -0.2) is 53.6 Å². The molecule has 39 heavy (non-hydrogen) atoms. The molecule has 1 saturated heterocycles. The van der Waals surface area contributed by atoms with Crippen molar-refractivity contribution in [2.75, 3.05) is 37.7 Å². The molecule has 1 aromatic heterocycles. The van der Waals surface area contributed by atoms with Crippen molar-refractivity contribution in [1.29, 1.82) is 0 Å². The smallest absolute Gasteiger partial charge is 0.234 e. The van der Waals surface area contributed by atoms with E-state index in [-0.39, 0.29) is 17.6 Å². The number of benzene rings is 3. The van der Waals surface area contributed by atoms with Crippen LogP contribution >= 0.6 is 0 Å². The quantitative estimate of drug-likeness (QED) is 0.366. The fourth-order valence-electron chi connectivity index (χ4n) is 5.49. The minimum Gasteiger partial charge on any atom is -0.378 e. The molecule has 0 spiro atoms. The highest BCUT2D eigenvalue weighted by Gasteiger charge is 2.33. The van der Waals surface area contributed by atoms with E-state index in [9.17, 15) is 9.18 Å². The van der Waals surface area contributed by atoms with Crippen LogP contribution < -0.4 is 4.90 Å². The predicted molar refractivity (Wildman–Crippen MR) is 148 cm³/mol. The number of anilines is 1. The number of nitrogens with zero attached hydrogens (tertiary/aromatic N) is 4. The third-order valence-corrected chi connectivity index (χ3v) is 7.50. The summed E-state index contributed by atoms with van der Waals surface area (Å²) in [6.45, 7) is 3.82. The second-order valence-corrected chi connectivity index (χ2v) is 10.1. The van der Waals surface area contributed by atoms with Gasteiger partial charge >= 0.3 is 0 Å². The van der Waals surface area contributed by atoms with E-state index in [1.807, 2.05) is 65.6 Å². The molecule has 0 N–H and O–H groups in total. The van der Waals surface area contributed by atoms with E-state index < -0.39 is 0 Å². The van der Waals surface area contributed by atoms with Crippen LogP contribution in [0.25, 0.3) is 0 Å². The molecular weight excluding hydrogens is 491 g/mol. The number of aromatic nitrogens is 2. The Kier molecular flexibility index (Phi) is 7.32. The van der Waals surface area contributed by atoms with Gasteiger partial charge in [-0.2, -0.15) is 0 Å². The lowest BCUT2D eigenvalue weighted by molar-refractivity contribution is -0.132. The molecular formula is C32H31FN4O2. The summed E-state index contributed by atoms with van der Waals surface area (Å²) in [4.78, 5) is 28.3. The van der Waals surface area contributed by atoms with E-state index in [2.05, 4.69) is 4.90 Å². The van der Waals surface area contributed by atoms with Gasteiger partial charge in [0.2, 0.25) is 5.91 Å². The highest BCUT2D eigenvalue weighted by molar-refractivity contribution is 5.87. The highest BCUT2D eigenvalue weighted by Crippen LogP contribution is 2.32. The van der Waals surface area contributed by atoms with Gasteiger partial charge in [-0.3, -0.25) is 4.79 Å². The van der Waals surface area contributed by atoms with Crippen molar-refractivity contribution < 1.29 is 13.9 Å². The maximum absolute atomic E-state index is 14.2. The molecule has 1 fully saturated rings. The summed E-state index contributed by atoms with van der Waals surface area (Å²) in [5.74, 6) is 1.05. The second kappa shape index (κ2) is 11.3. The van der Waals surface area contributed by atoms with E-state index in [0.717, 1.165) is 46.9 Å². The number of carbonyl (C=O) groups excluding carboxylic acids is 1. The molecule has 3 aromatic carbocycles. The van der Waals surface area contributed by atoms with Gasteiger partial charge in [0, 0.05) is 38.0 Å². The number of fused-ring (bicyclic) bond motifs is 1.